The van der Waals surface area contributed by atoms with E-state index in [9.17, 15) is 8.42 Å². The van der Waals surface area contributed by atoms with E-state index in [0.29, 0.717) is 24.8 Å². The molecule has 1 aliphatic rings. The van der Waals surface area contributed by atoms with Crippen LogP contribution >= 0.6 is 0 Å². The van der Waals surface area contributed by atoms with Crippen LogP contribution in [0.15, 0.2) is 27.8 Å². The zero-order valence-electron chi connectivity index (χ0n) is 10.9. The Morgan fingerprint density at radius 3 is 2.95 bits per heavy atom. The van der Waals surface area contributed by atoms with Gasteiger partial charge in [0, 0.05) is 13.6 Å². The van der Waals surface area contributed by atoms with Crippen molar-refractivity contribution in [2.45, 2.75) is 24.6 Å². The summed E-state index contributed by atoms with van der Waals surface area (Å²) >= 11 is 0. The van der Waals surface area contributed by atoms with Crippen LogP contribution in [0.3, 0.4) is 0 Å². The van der Waals surface area contributed by atoms with Gasteiger partial charge >= 0.3 is 0 Å². The lowest BCUT2D eigenvalue weighted by Gasteiger charge is -2.14. The van der Waals surface area contributed by atoms with Gasteiger partial charge in [-0.25, -0.2) is 8.42 Å². The third-order valence-electron chi connectivity index (χ3n) is 3.19. The van der Waals surface area contributed by atoms with E-state index in [1.165, 1.54) is 0 Å². The van der Waals surface area contributed by atoms with Gasteiger partial charge in [-0.15, -0.1) is 0 Å². The third-order valence-corrected chi connectivity index (χ3v) is 5.47. The normalized spacial score (nSPS) is 22.4. The van der Waals surface area contributed by atoms with Gasteiger partial charge in [-0.3, -0.25) is 4.99 Å². The highest BCUT2D eigenvalue weighted by Gasteiger charge is 2.30. The van der Waals surface area contributed by atoms with Gasteiger partial charge in [0.1, 0.15) is 5.76 Å². The number of hydrogen-bond donors (Lipinski definition) is 2. The second-order valence-corrected chi connectivity index (χ2v) is 6.92. The molecule has 0 saturated carbocycles. The van der Waals surface area contributed by atoms with E-state index in [2.05, 4.69) is 15.6 Å². The zero-order chi connectivity index (χ0) is 13.7. The molecule has 0 amide bonds. The fourth-order valence-electron chi connectivity index (χ4n) is 2.10. The lowest BCUT2D eigenvalue weighted by molar-refractivity contribution is 0.501. The van der Waals surface area contributed by atoms with Crippen molar-refractivity contribution < 1.29 is 12.8 Å². The van der Waals surface area contributed by atoms with Gasteiger partial charge in [0.15, 0.2) is 15.8 Å². The van der Waals surface area contributed by atoms with E-state index in [1.54, 1.807) is 13.3 Å². The van der Waals surface area contributed by atoms with Crippen molar-refractivity contribution in [3.63, 3.8) is 0 Å². The molecule has 1 aromatic heterocycles. The van der Waals surface area contributed by atoms with Crippen LogP contribution in [-0.2, 0) is 16.4 Å². The van der Waals surface area contributed by atoms with Crippen molar-refractivity contribution in [2.24, 2.45) is 4.99 Å². The molecule has 7 heteroatoms. The quantitative estimate of drug-likeness (QED) is 0.622. The molecule has 1 unspecified atom stereocenters. The molecule has 1 saturated heterocycles. The third kappa shape index (κ3) is 3.73. The van der Waals surface area contributed by atoms with Crippen molar-refractivity contribution in [2.75, 3.05) is 19.3 Å². The maximum absolute atomic E-state index is 11.7. The molecule has 0 radical (unpaired) electrons. The van der Waals surface area contributed by atoms with E-state index in [1.807, 2.05) is 12.1 Å². The molecule has 0 aliphatic carbocycles. The molecule has 1 aromatic rings. The molecule has 1 aliphatic heterocycles. The maximum atomic E-state index is 11.7. The molecule has 0 bridgehead atoms. The van der Waals surface area contributed by atoms with Gasteiger partial charge in [0.05, 0.1) is 23.8 Å². The van der Waals surface area contributed by atoms with E-state index < -0.39 is 9.84 Å². The Morgan fingerprint density at radius 2 is 2.37 bits per heavy atom. The molecule has 2 rings (SSSR count). The first-order valence-electron chi connectivity index (χ1n) is 6.30. The van der Waals surface area contributed by atoms with Crippen LogP contribution in [-0.4, -0.2) is 39.0 Å². The molecule has 6 nitrogen and oxygen atoms in total. The Hall–Kier alpha value is -1.50. The number of nitrogens with zero attached hydrogens (tertiary/aromatic N) is 1. The Morgan fingerprint density at radius 1 is 1.53 bits per heavy atom. The first-order chi connectivity index (χ1) is 9.12. The number of furan rings is 1. The largest absolute Gasteiger partial charge is 0.467 e. The second kappa shape index (κ2) is 6.10. The Balaban J connectivity index is 1.80. The average Bonchev–Trinajstić information content (AvgIpc) is 2.99. The molecule has 106 valence electrons. The summed E-state index contributed by atoms with van der Waals surface area (Å²) in [6, 6.07) is 3.68. The van der Waals surface area contributed by atoms with Gasteiger partial charge < -0.3 is 15.1 Å². The first kappa shape index (κ1) is 13.9. The minimum absolute atomic E-state index is 0.297. The smallest absolute Gasteiger partial charge is 0.191 e. The summed E-state index contributed by atoms with van der Waals surface area (Å²) in [5, 5.41) is 5.82. The fraction of sp³-hybridized carbons (Fsp3) is 0.583. The number of rotatable bonds is 4. The van der Waals surface area contributed by atoms with Gasteiger partial charge in [0.2, 0.25) is 0 Å². The van der Waals surface area contributed by atoms with E-state index in [-0.39, 0.29) is 5.25 Å². The number of aliphatic imine (C=N–C) groups is 1. The van der Waals surface area contributed by atoms with Crippen LogP contribution in [0.1, 0.15) is 18.6 Å². The SMILES string of the molecule is CN=C(NCc1ccco1)NCC1CCCS1(=O)=O. The monoisotopic (exact) mass is 285 g/mol. The summed E-state index contributed by atoms with van der Waals surface area (Å²) in [6.07, 6.45) is 3.09. The Labute approximate surface area is 113 Å². The van der Waals surface area contributed by atoms with Gasteiger partial charge in [-0.05, 0) is 25.0 Å². The second-order valence-electron chi connectivity index (χ2n) is 4.52. The summed E-state index contributed by atoms with van der Waals surface area (Å²) in [6.45, 7) is 0.921. The summed E-state index contributed by atoms with van der Waals surface area (Å²) in [5.74, 6) is 1.69. The molecule has 2 N–H and O–H groups in total. The minimum atomic E-state index is -2.91. The highest BCUT2D eigenvalue weighted by molar-refractivity contribution is 7.92. The minimum Gasteiger partial charge on any atom is -0.467 e. The Bertz CT molecular complexity index is 522. The van der Waals surface area contributed by atoms with E-state index in [0.717, 1.165) is 18.6 Å². The molecular formula is C12H19N3O3S. The maximum Gasteiger partial charge on any atom is 0.191 e. The summed E-state index contributed by atoms with van der Waals surface area (Å²) in [4.78, 5) is 4.05. The predicted molar refractivity (Wildman–Crippen MR) is 73.7 cm³/mol. The van der Waals surface area contributed by atoms with Crippen molar-refractivity contribution >= 4 is 15.8 Å². The molecular weight excluding hydrogens is 266 g/mol. The molecule has 2 heterocycles. The number of sulfone groups is 1. The van der Waals surface area contributed by atoms with Gasteiger partial charge in [0.25, 0.3) is 0 Å². The van der Waals surface area contributed by atoms with Crippen LogP contribution < -0.4 is 10.6 Å². The van der Waals surface area contributed by atoms with Gasteiger partial charge in [-0.1, -0.05) is 0 Å². The van der Waals surface area contributed by atoms with Gasteiger partial charge in [-0.2, -0.15) is 0 Å². The molecule has 1 fully saturated rings. The fourth-order valence-corrected chi connectivity index (χ4v) is 3.87. The van der Waals surface area contributed by atoms with Crippen molar-refractivity contribution in [3.8, 4) is 0 Å². The lowest BCUT2D eigenvalue weighted by atomic mass is 10.2. The van der Waals surface area contributed by atoms with Crippen LogP contribution in [0, 0.1) is 0 Å². The number of hydrogen-bond acceptors (Lipinski definition) is 4. The van der Waals surface area contributed by atoms with E-state index >= 15 is 0 Å². The number of guanidine groups is 1. The van der Waals surface area contributed by atoms with Crippen molar-refractivity contribution in [1.29, 1.82) is 0 Å². The first-order valence-corrected chi connectivity index (χ1v) is 8.02. The highest BCUT2D eigenvalue weighted by atomic mass is 32.2. The molecule has 0 spiro atoms. The Kier molecular flexibility index (Phi) is 4.47. The zero-order valence-corrected chi connectivity index (χ0v) is 11.7. The lowest BCUT2D eigenvalue weighted by Crippen LogP contribution is -2.41. The molecule has 1 atom stereocenters. The highest BCUT2D eigenvalue weighted by Crippen LogP contribution is 2.18. The molecule has 19 heavy (non-hydrogen) atoms. The van der Waals surface area contributed by atoms with Crippen LogP contribution in [0.25, 0.3) is 0 Å². The molecule has 0 aromatic carbocycles. The standard InChI is InChI=1S/C12H19N3O3S/c1-13-12(14-8-10-4-2-6-18-10)15-9-11-5-3-7-19(11,16)17/h2,4,6,11H,3,5,7-9H2,1H3,(H2,13,14,15). The topological polar surface area (TPSA) is 83.7 Å². The summed E-state index contributed by atoms with van der Waals surface area (Å²) in [5.41, 5.74) is 0. The van der Waals surface area contributed by atoms with Crippen molar-refractivity contribution in [3.05, 3.63) is 24.2 Å². The summed E-state index contributed by atoms with van der Waals surface area (Å²) < 4.78 is 28.6. The predicted octanol–water partition coefficient (Wildman–Crippen LogP) is 0.522. The van der Waals surface area contributed by atoms with Crippen LogP contribution in [0.2, 0.25) is 0 Å². The summed E-state index contributed by atoms with van der Waals surface area (Å²) in [7, 11) is -1.26. The van der Waals surface area contributed by atoms with E-state index in [4.69, 9.17) is 4.42 Å². The van der Waals surface area contributed by atoms with Crippen LogP contribution in [0.5, 0.6) is 0 Å². The number of nitrogens with one attached hydrogen (secondary N) is 2. The van der Waals surface area contributed by atoms with Crippen LogP contribution in [0.4, 0.5) is 0 Å². The average molecular weight is 285 g/mol. The van der Waals surface area contributed by atoms with Crippen molar-refractivity contribution in [1.82, 2.24) is 10.6 Å².